The van der Waals surface area contributed by atoms with E-state index in [1.807, 2.05) is 17.0 Å². The van der Waals surface area contributed by atoms with Crippen molar-refractivity contribution in [2.24, 2.45) is 5.41 Å². The summed E-state index contributed by atoms with van der Waals surface area (Å²) in [5, 5.41) is 0.581. The topological polar surface area (TPSA) is 102 Å². The van der Waals surface area contributed by atoms with Gasteiger partial charge in [0.25, 0.3) is 5.56 Å². The first-order valence-electron chi connectivity index (χ1n) is 15.9. The summed E-state index contributed by atoms with van der Waals surface area (Å²) in [7, 11) is -1.85. The lowest BCUT2D eigenvalue weighted by Crippen LogP contribution is -2.39. The largest absolute Gasteiger partial charge is 0.497 e. The van der Waals surface area contributed by atoms with E-state index in [1.54, 1.807) is 31.4 Å². The molecular formula is C35H39ClN4O5S2. The standard InChI is InChI=1S/C35H39ClN4O5S2/c1-4-5-12-31(33(42)39-18-16-35(23-39)15-17-38(22-35)25-9-7-11-27(20-25)45-2)46-34-37-30-21-28(47(3,43)44)13-14-29(30)32(41)40(34)26-10-6-8-24(36)19-26/h6-11,13-14,19-21,31H,4-5,12,15-18,22-23H2,1-3H3. The van der Waals surface area contributed by atoms with Crippen LogP contribution in [0.3, 0.4) is 0 Å². The number of nitrogens with zero attached hydrogens (tertiary/aromatic N) is 4. The number of anilines is 1. The first-order chi connectivity index (χ1) is 22.5. The van der Waals surface area contributed by atoms with Crippen LogP contribution in [-0.2, 0) is 14.6 Å². The number of methoxy groups -OCH3 is 1. The molecule has 2 unspecified atom stereocenters. The number of carbonyl (C=O) groups excluding carboxylic acids is 1. The van der Waals surface area contributed by atoms with Crippen LogP contribution in [0.4, 0.5) is 5.69 Å². The fraction of sp³-hybridized carbons (Fsp3) is 0.400. The summed E-state index contributed by atoms with van der Waals surface area (Å²) in [5.74, 6) is 0.866. The zero-order valence-corrected chi connectivity index (χ0v) is 29.2. The van der Waals surface area contributed by atoms with E-state index in [0.717, 1.165) is 56.5 Å². The number of sulfone groups is 1. The van der Waals surface area contributed by atoms with Gasteiger partial charge in [-0.3, -0.25) is 14.2 Å². The summed E-state index contributed by atoms with van der Waals surface area (Å²) in [5.41, 5.74) is 1.58. The third-order valence-electron chi connectivity index (χ3n) is 9.25. The lowest BCUT2D eigenvalue weighted by Gasteiger charge is -2.27. The highest BCUT2D eigenvalue weighted by molar-refractivity contribution is 8.00. The maximum absolute atomic E-state index is 14.3. The van der Waals surface area contributed by atoms with E-state index in [4.69, 9.17) is 21.3 Å². The Morgan fingerprint density at radius 3 is 2.55 bits per heavy atom. The Morgan fingerprint density at radius 2 is 1.81 bits per heavy atom. The van der Waals surface area contributed by atoms with Gasteiger partial charge in [-0.25, -0.2) is 13.4 Å². The number of thioether (sulfide) groups is 1. The molecule has 2 fully saturated rings. The van der Waals surface area contributed by atoms with Crippen LogP contribution in [0, 0.1) is 5.41 Å². The van der Waals surface area contributed by atoms with Gasteiger partial charge in [0.2, 0.25) is 5.91 Å². The first kappa shape index (κ1) is 33.4. The minimum atomic E-state index is -3.53. The van der Waals surface area contributed by atoms with Crippen LogP contribution in [-0.4, -0.2) is 73.6 Å². The Kier molecular flexibility index (Phi) is 9.60. The molecular weight excluding hydrogens is 656 g/mol. The Morgan fingerprint density at radius 1 is 1.04 bits per heavy atom. The molecule has 47 heavy (non-hydrogen) atoms. The van der Waals surface area contributed by atoms with Crippen molar-refractivity contribution in [3.05, 3.63) is 82.1 Å². The molecule has 1 spiro atoms. The lowest BCUT2D eigenvalue weighted by atomic mass is 9.86. The van der Waals surface area contributed by atoms with E-state index in [2.05, 4.69) is 24.0 Å². The van der Waals surface area contributed by atoms with Crippen LogP contribution < -0.4 is 15.2 Å². The van der Waals surface area contributed by atoms with Gasteiger partial charge in [-0.05, 0) is 67.8 Å². The van der Waals surface area contributed by atoms with Crippen LogP contribution >= 0.6 is 23.4 Å². The molecule has 2 saturated heterocycles. The number of likely N-dealkylation sites (tertiary alicyclic amines) is 1. The average molecular weight is 695 g/mol. The number of benzene rings is 3. The zero-order valence-electron chi connectivity index (χ0n) is 26.8. The molecule has 4 aromatic rings. The van der Waals surface area contributed by atoms with E-state index in [9.17, 15) is 18.0 Å². The molecule has 0 aliphatic carbocycles. The molecule has 3 heterocycles. The van der Waals surface area contributed by atoms with Crippen LogP contribution in [0.5, 0.6) is 5.75 Å². The molecule has 12 heteroatoms. The van der Waals surface area contributed by atoms with Crippen molar-refractivity contribution in [1.82, 2.24) is 14.5 Å². The second kappa shape index (κ2) is 13.5. The van der Waals surface area contributed by atoms with Gasteiger partial charge in [0.15, 0.2) is 15.0 Å². The third kappa shape index (κ3) is 7.03. The van der Waals surface area contributed by atoms with Gasteiger partial charge in [0, 0.05) is 54.6 Å². The Bertz CT molecular complexity index is 1980. The predicted molar refractivity (Wildman–Crippen MR) is 188 cm³/mol. The SMILES string of the molecule is CCCCC(Sc1nc2cc(S(C)(=O)=O)ccc2c(=O)n1-c1cccc(Cl)c1)C(=O)N1CCC2(CCN(c3cccc(OC)c3)C2)C1. The number of ether oxygens (including phenoxy) is 1. The highest BCUT2D eigenvalue weighted by atomic mass is 35.5. The number of aromatic nitrogens is 2. The van der Waals surface area contributed by atoms with Gasteiger partial charge in [-0.2, -0.15) is 0 Å². The number of amides is 1. The summed E-state index contributed by atoms with van der Waals surface area (Å²) in [4.78, 5) is 37.6. The number of unbranched alkanes of at least 4 members (excludes halogenated alkanes) is 1. The monoisotopic (exact) mass is 694 g/mol. The summed E-state index contributed by atoms with van der Waals surface area (Å²) >= 11 is 7.61. The minimum Gasteiger partial charge on any atom is -0.497 e. The van der Waals surface area contributed by atoms with Crippen molar-refractivity contribution < 1.29 is 17.9 Å². The second-order valence-electron chi connectivity index (χ2n) is 12.6. The summed E-state index contributed by atoms with van der Waals surface area (Å²) in [6, 6.07) is 19.4. The summed E-state index contributed by atoms with van der Waals surface area (Å²) in [6.07, 6.45) is 5.42. The van der Waals surface area contributed by atoms with Crippen molar-refractivity contribution in [2.45, 2.75) is 54.3 Å². The molecule has 0 N–H and O–H groups in total. The van der Waals surface area contributed by atoms with E-state index >= 15 is 0 Å². The normalized spacial score (nSPS) is 18.7. The molecule has 248 valence electrons. The molecule has 3 aromatic carbocycles. The van der Waals surface area contributed by atoms with E-state index < -0.39 is 15.1 Å². The van der Waals surface area contributed by atoms with Gasteiger partial charge in [0.1, 0.15) is 5.75 Å². The number of hydrogen-bond acceptors (Lipinski definition) is 8. The minimum absolute atomic E-state index is 0.0187. The predicted octanol–water partition coefficient (Wildman–Crippen LogP) is 6.23. The van der Waals surface area contributed by atoms with Gasteiger partial charge < -0.3 is 14.5 Å². The highest BCUT2D eigenvalue weighted by Gasteiger charge is 2.46. The average Bonchev–Trinajstić information content (AvgIpc) is 3.68. The fourth-order valence-electron chi connectivity index (χ4n) is 6.67. The molecule has 6 rings (SSSR count). The van der Waals surface area contributed by atoms with Crippen LogP contribution in [0.2, 0.25) is 5.02 Å². The van der Waals surface area contributed by atoms with Gasteiger partial charge in [-0.15, -0.1) is 0 Å². The van der Waals surface area contributed by atoms with Crippen LogP contribution in [0.15, 0.2) is 81.6 Å². The Hall–Kier alpha value is -3.54. The summed E-state index contributed by atoms with van der Waals surface area (Å²) in [6.45, 7) is 5.24. The van der Waals surface area contributed by atoms with E-state index in [0.29, 0.717) is 35.4 Å². The quantitative estimate of drug-likeness (QED) is 0.142. The first-order valence-corrected chi connectivity index (χ1v) is 19.0. The maximum Gasteiger partial charge on any atom is 0.266 e. The van der Waals surface area contributed by atoms with Gasteiger partial charge in [0.05, 0.1) is 33.8 Å². The van der Waals surface area contributed by atoms with Crippen molar-refractivity contribution in [3.8, 4) is 11.4 Å². The Balaban J connectivity index is 1.32. The van der Waals surface area contributed by atoms with Crippen molar-refractivity contribution in [3.63, 3.8) is 0 Å². The van der Waals surface area contributed by atoms with Gasteiger partial charge >= 0.3 is 0 Å². The number of hydrogen-bond donors (Lipinski definition) is 0. The Labute approximate surface area is 284 Å². The molecule has 2 aliphatic rings. The molecule has 0 radical (unpaired) electrons. The van der Waals surface area contributed by atoms with E-state index in [-0.39, 0.29) is 32.7 Å². The van der Waals surface area contributed by atoms with Crippen molar-refractivity contribution in [2.75, 3.05) is 44.4 Å². The number of carbonyl (C=O) groups is 1. The number of rotatable bonds is 10. The molecule has 2 atom stereocenters. The number of fused-ring (bicyclic) bond motifs is 1. The summed E-state index contributed by atoms with van der Waals surface area (Å²) < 4.78 is 31.6. The maximum atomic E-state index is 14.3. The van der Waals surface area contributed by atoms with E-state index in [1.165, 1.54) is 34.5 Å². The molecule has 0 bridgehead atoms. The molecule has 1 amide bonds. The van der Waals surface area contributed by atoms with Crippen LogP contribution in [0.25, 0.3) is 16.6 Å². The molecule has 1 aromatic heterocycles. The number of halogens is 1. The molecule has 2 aliphatic heterocycles. The third-order valence-corrected chi connectivity index (χ3v) is 11.8. The lowest BCUT2D eigenvalue weighted by molar-refractivity contribution is -0.130. The highest BCUT2D eigenvalue weighted by Crippen LogP contribution is 2.42. The second-order valence-corrected chi connectivity index (χ2v) is 16.2. The van der Waals surface area contributed by atoms with Gasteiger partial charge in [-0.1, -0.05) is 55.3 Å². The van der Waals surface area contributed by atoms with Crippen LogP contribution in [0.1, 0.15) is 39.0 Å². The smallest absolute Gasteiger partial charge is 0.266 e. The zero-order chi connectivity index (χ0) is 33.3. The van der Waals surface area contributed by atoms with Crippen molar-refractivity contribution in [1.29, 1.82) is 0 Å². The molecule has 0 saturated carbocycles. The molecule has 9 nitrogen and oxygen atoms in total. The fourth-order valence-corrected chi connectivity index (χ4v) is 8.73. The van der Waals surface area contributed by atoms with Crippen molar-refractivity contribution >= 4 is 55.7 Å².